The summed E-state index contributed by atoms with van der Waals surface area (Å²) in [6.45, 7) is 7.11. The molecule has 3 unspecified atom stereocenters. The summed E-state index contributed by atoms with van der Waals surface area (Å²) in [5.41, 5.74) is -0.0521. The van der Waals surface area contributed by atoms with E-state index in [1.54, 1.807) is 6.26 Å². The zero-order valence-corrected chi connectivity index (χ0v) is 10.5. The van der Waals surface area contributed by atoms with Crippen molar-refractivity contribution < 1.29 is 9.32 Å². The SMILES string of the molecule is CCC(C)(CO)CNC(C)CS(C)=O. The Labute approximate surface area is 89.7 Å². The quantitative estimate of drug-likeness (QED) is 0.667. The van der Waals surface area contributed by atoms with Crippen LogP contribution >= 0.6 is 0 Å². The van der Waals surface area contributed by atoms with Crippen molar-refractivity contribution in [2.45, 2.75) is 33.2 Å². The van der Waals surface area contributed by atoms with Crippen LogP contribution in [0.15, 0.2) is 0 Å². The van der Waals surface area contributed by atoms with Crippen LogP contribution in [0.2, 0.25) is 0 Å². The molecule has 0 saturated heterocycles. The second kappa shape index (κ2) is 6.53. The Kier molecular flexibility index (Phi) is 6.57. The van der Waals surface area contributed by atoms with E-state index in [2.05, 4.69) is 19.2 Å². The van der Waals surface area contributed by atoms with Crippen molar-refractivity contribution in [3.63, 3.8) is 0 Å². The van der Waals surface area contributed by atoms with Crippen LogP contribution in [0.1, 0.15) is 27.2 Å². The summed E-state index contributed by atoms with van der Waals surface area (Å²) in [7, 11) is -0.753. The van der Waals surface area contributed by atoms with Gasteiger partial charge in [-0.2, -0.15) is 0 Å². The zero-order valence-electron chi connectivity index (χ0n) is 9.67. The van der Waals surface area contributed by atoms with Crippen LogP contribution in [0.3, 0.4) is 0 Å². The number of nitrogens with one attached hydrogen (secondary N) is 1. The first kappa shape index (κ1) is 14.1. The third-order valence-corrected chi connectivity index (χ3v) is 3.57. The highest BCUT2D eigenvalue weighted by Crippen LogP contribution is 2.18. The summed E-state index contributed by atoms with van der Waals surface area (Å²) in [4.78, 5) is 0. The lowest BCUT2D eigenvalue weighted by Gasteiger charge is -2.27. The largest absolute Gasteiger partial charge is 0.396 e. The maximum Gasteiger partial charge on any atom is 0.0496 e. The standard InChI is InChI=1S/C10H23NO2S/c1-5-10(3,8-12)7-11-9(2)6-14(4)13/h9,11-12H,5-8H2,1-4H3. The molecule has 0 fully saturated rings. The Morgan fingerprint density at radius 3 is 2.50 bits per heavy atom. The molecular formula is C10H23NO2S. The van der Waals surface area contributed by atoms with Crippen LogP contribution in [0.25, 0.3) is 0 Å². The van der Waals surface area contributed by atoms with E-state index in [9.17, 15) is 9.32 Å². The highest BCUT2D eigenvalue weighted by Gasteiger charge is 2.21. The molecule has 3 nitrogen and oxygen atoms in total. The highest BCUT2D eigenvalue weighted by atomic mass is 32.2. The predicted octanol–water partition coefficient (Wildman–Crippen LogP) is 0.752. The number of aliphatic hydroxyl groups excluding tert-OH is 1. The van der Waals surface area contributed by atoms with E-state index in [4.69, 9.17) is 0 Å². The van der Waals surface area contributed by atoms with Gasteiger partial charge in [0.2, 0.25) is 0 Å². The lowest BCUT2D eigenvalue weighted by molar-refractivity contribution is 0.133. The van der Waals surface area contributed by atoms with Crippen LogP contribution in [0.5, 0.6) is 0 Å². The van der Waals surface area contributed by atoms with Gasteiger partial charge in [-0.25, -0.2) is 0 Å². The van der Waals surface area contributed by atoms with Crippen LogP contribution in [-0.4, -0.2) is 40.5 Å². The summed E-state index contributed by atoms with van der Waals surface area (Å²) in [6, 6.07) is 0.248. The monoisotopic (exact) mass is 221 g/mol. The van der Waals surface area contributed by atoms with E-state index in [1.165, 1.54) is 0 Å². The van der Waals surface area contributed by atoms with Crippen molar-refractivity contribution in [3.8, 4) is 0 Å². The molecule has 0 radical (unpaired) electrons. The van der Waals surface area contributed by atoms with Crippen LogP contribution in [0, 0.1) is 5.41 Å². The lowest BCUT2D eigenvalue weighted by atomic mass is 9.88. The minimum Gasteiger partial charge on any atom is -0.396 e. The minimum atomic E-state index is -0.753. The van der Waals surface area contributed by atoms with Gasteiger partial charge in [-0.15, -0.1) is 0 Å². The Morgan fingerprint density at radius 2 is 2.14 bits per heavy atom. The molecule has 0 aliphatic carbocycles. The first-order chi connectivity index (χ1) is 6.43. The molecule has 0 aromatic carbocycles. The predicted molar refractivity (Wildman–Crippen MR) is 61.9 cm³/mol. The van der Waals surface area contributed by atoms with E-state index in [0.29, 0.717) is 5.75 Å². The molecule has 4 heteroatoms. The van der Waals surface area contributed by atoms with E-state index >= 15 is 0 Å². The fraction of sp³-hybridized carbons (Fsp3) is 1.00. The van der Waals surface area contributed by atoms with E-state index in [1.807, 2.05) is 6.92 Å². The Hall–Kier alpha value is 0.0700. The Bertz CT molecular complexity index is 181. The molecule has 0 aliphatic heterocycles. The van der Waals surface area contributed by atoms with Gasteiger partial charge >= 0.3 is 0 Å². The summed E-state index contributed by atoms with van der Waals surface area (Å²) in [5.74, 6) is 0.672. The zero-order chi connectivity index (χ0) is 11.2. The average molecular weight is 221 g/mol. The molecule has 3 atom stereocenters. The van der Waals surface area contributed by atoms with Gasteiger partial charge in [0.05, 0.1) is 0 Å². The average Bonchev–Trinajstić information content (AvgIpc) is 2.13. The number of hydrogen-bond acceptors (Lipinski definition) is 3. The lowest BCUT2D eigenvalue weighted by Crippen LogP contribution is -2.40. The molecule has 0 bridgehead atoms. The molecule has 0 spiro atoms. The van der Waals surface area contributed by atoms with Crippen molar-refractivity contribution in [1.29, 1.82) is 0 Å². The molecule has 0 amide bonds. The maximum absolute atomic E-state index is 10.9. The first-order valence-electron chi connectivity index (χ1n) is 5.08. The van der Waals surface area contributed by atoms with Crippen molar-refractivity contribution >= 4 is 10.8 Å². The fourth-order valence-corrected chi connectivity index (χ4v) is 1.95. The molecule has 86 valence electrons. The molecule has 2 N–H and O–H groups in total. The van der Waals surface area contributed by atoms with Crippen molar-refractivity contribution in [2.75, 3.05) is 25.2 Å². The van der Waals surface area contributed by atoms with Gasteiger partial charge in [0.15, 0.2) is 0 Å². The second-order valence-electron chi connectivity index (χ2n) is 4.34. The van der Waals surface area contributed by atoms with Gasteiger partial charge in [-0.3, -0.25) is 4.21 Å². The third kappa shape index (κ3) is 5.73. The van der Waals surface area contributed by atoms with Crippen molar-refractivity contribution in [2.24, 2.45) is 5.41 Å². The summed E-state index contributed by atoms with van der Waals surface area (Å²) in [5, 5.41) is 12.5. The van der Waals surface area contributed by atoms with Gasteiger partial charge in [-0.05, 0) is 13.3 Å². The van der Waals surface area contributed by atoms with Gasteiger partial charge < -0.3 is 10.4 Å². The number of aliphatic hydroxyl groups is 1. The first-order valence-corrected chi connectivity index (χ1v) is 6.80. The van der Waals surface area contributed by atoms with Crippen LogP contribution < -0.4 is 5.32 Å². The van der Waals surface area contributed by atoms with Crippen molar-refractivity contribution in [3.05, 3.63) is 0 Å². The summed E-state index contributed by atoms with van der Waals surface area (Å²) in [6.07, 6.45) is 2.65. The van der Waals surface area contributed by atoms with Gasteiger partial charge in [0.1, 0.15) is 0 Å². The molecule has 0 aromatic rings. The minimum absolute atomic E-state index is 0.0521. The van der Waals surface area contributed by atoms with Gasteiger partial charge in [0.25, 0.3) is 0 Å². The molecule has 0 aliphatic rings. The molecule has 0 aromatic heterocycles. The van der Waals surface area contributed by atoms with E-state index < -0.39 is 10.8 Å². The van der Waals surface area contributed by atoms with E-state index in [0.717, 1.165) is 13.0 Å². The second-order valence-corrected chi connectivity index (χ2v) is 5.82. The Balaban J connectivity index is 3.85. The molecule has 0 saturated carbocycles. The third-order valence-electron chi connectivity index (χ3n) is 2.60. The summed E-state index contributed by atoms with van der Waals surface area (Å²) >= 11 is 0. The molecule has 14 heavy (non-hydrogen) atoms. The van der Waals surface area contributed by atoms with E-state index in [-0.39, 0.29) is 18.1 Å². The van der Waals surface area contributed by atoms with Crippen molar-refractivity contribution in [1.82, 2.24) is 5.32 Å². The van der Waals surface area contributed by atoms with Gasteiger partial charge in [-0.1, -0.05) is 13.8 Å². The maximum atomic E-state index is 10.9. The topological polar surface area (TPSA) is 49.3 Å². The number of hydrogen-bond donors (Lipinski definition) is 2. The highest BCUT2D eigenvalue weighted by molar-refractivity contribution is 7.84. The Morgan fingerprint density at radius 1 is 1.57 bits per heavy atom. The normalized spacial score (nSPS) is 20.1. The molecular weight excluding hydrogens is 198 g/mol. The van der Waals surface area contributed by atoms with Crippen LogP contribution in [0.4, 0.5) is 0 Å². The fourth-order valence-electron chi connectivity index (χ4n) is 1.12. The van der Waals surface area contributed by atoms with Gasteiger partial charge in [0, 0.05) is 47.4 Å². The number of rotatable bonds is 7. The summed E-state index contributed by atoms with van der Waals surface area (Å²) < 4.78 is 10.9. The molecule has 0 heterocycles. The molecule has 0 rings (SSSR count). The smallest absolute Gasteiger partial charge is 0.0496 e. The van der Waals surface area contributed by atoms with Crippen LogP contribution in [-0.2, 0) is 10.8 Å².